The number of nitrogens with one attached hydrogen (secondary N) is 2. The van der Waals surface area contributed by atoms with Crippen LogP contribution in [-0.4, -0.2) is 25.2 Å². The lowest BCUT2D eigenvalue weighted by Crippen LogP contribution is -2.46. The Labute approximate surface area is 105 Å². The molecule has 3 aliphatic carbocycles. The van der Waals surface area contributed by atoms with Gasteiger partial charge >= 0.3 is 0 Å². The highest BCUT2D eigenvalue weighted by Gasteiger charge is 2.32. The van der Waals surface area contributed by atoms with Crippen LogP contribution in [0.4, 0.5) is 0 Å². The van der Waals surface area contributed by atoms with E-state index in [2.05, 4.69) is 23.6 Å². The van der Waals surface area contributed by atoms with Crippen molar-refractivity contribution in [2.24, 2.45) is 11.8 Å². The maximum absolute atomic E-state index is 3.80. The first-order valence-corrected chi connectivity index (χ1v) is 7.49. The van der Waals surface area contributed by atoms with Crippen LogP contribution in [0.3, 0.4) is 0 Å². The van der Waals surface area contributed by atoms with E-state index in [9.17, 15) is 0 Å². The average molecular weight is 234 g/mol. The van der Waals surface area contributed by atoms with Crippen molar-refractivity contribution in [2.45, 2.75) is 57.5 Å². The second-order valence-electron chi connectivity index (χ2n) is 6.25. The summed E-state index contributed by atoms with van der Waals surface area (Å²) in [5, 5.41) is 7.39. The lowest BCUT2D eigenvalue weighted by Gasteiger charge is -2.39. The normalized spacial score (nSPS) is 36.8. The molecule has 2 fully saturated rings. The minimum atomic E-state index is 0.736. The van der Waals surface area contributed by atoms with Gasteiger partial charge < -0.3 is 10.6 Å². The number of hydrogen-bond donors (Lipinski definition) is 2. The molecule has 2 heteroatoms. The SMILES string of the molecule is CC1C=C2CCCC(C2)C1NCCNC1CC1. The van der Waals surface area contributed by atoms with Crippen molar-refractivity contribution in [3.05, 3.63) is 11.6 Å². The van der Waals surface area contributed by atoms with Gasteiger partial charge in [-0.05, 0) is 50.4 Å². The van der Waals surface area contributed by atoms with Gasteiger partial charge in [0.05, 0.1) is 0 Å². The van der Waals surface area contributed by atoms with E-state index >= 15 is 0 Å². The predicted octanol–water partition coefficient (Wildman–Crippen LogP) is 2.46. The van der Waals surface area contributed by atoms with Crippen molar-refractivity contribution in [3.63, 3.8) is 0 Å². The third-order valence-corrected chi connectivity index (χ3v) is 4.69. The second kappa shape index (κ2) is 5.11. The van der Waals surface area contributed by atoms with E-state index in [1.165, 1.54) is 38.5 Å². The Morgan fingerprint density at radius 3 is 2.82 bits per heavy atom. The fraction of sp³-hybridized carbons (Fsp3) is 0.867. The van der Waals surface area contributed by atoms with Gasteiger partial charge in [-0.15, -0.1) is 0 Å². The van der Waals surface area contributed by atoms with Gasteiger partial charge in [-0.1, -0.05) is 18.6 Å². The Hall–Kier alpha value is -0.340. The van der Waals surface area contributed by atoms with E-state index in [1.807, 2.05) is 0 Å². The minimum Gasteiger partial charge on any atom is -0.313 e. The van der Waals surface area contributed by atoms with Crippen molar-refractivity contribution in [1.82, 2.24) is 10.6 Å². The molecule has 3 aliphatic rings. The standard InChI is InChI=1S/C15H26N2/c1-11-9-12-3-2-4-13(10-12)15(11)17-8-7-16-14-5-6-14/h9,11,13-17H,2-8,10H2,1H3. The largest absolute Gasteiger partial charge is 0.313 e. The first-order valence-electron chi connectivity index (χ1n) is 7.49. The van der Waals surface area contributed by atoms with Gasteiger partial charge in [0.25, 0.3) is 0 Å². The Bertz CT molecular complexity index is 293. The predicted molar refractivity (Wildman–Crippen MR) is 72.0 cm³/mol. The van der Waals surface area contributed by atoms with Crippen LogP contribution in [0.2, 0.25) is 0 Å². The minimum absolute atomic E-state index is 0.736. The van der Waals surface area contributed by atoms with Crippen molar-refractivity contribution in [1.29, 1.82) is 0 Å². The van der Waals surface area contributed by atoms with Crippen molar-refractivity contribution in [2.75, 3.05) is 13.1 Å². The molecule has 2 saturated carbocycles. The molecule has 0 heterocycles. The Morgan fingerprint density at radius 2 is 2.00 bits per heavy atom. The van der Waals surface area contributed by atoms with Crippen LogP contribution < -0.4 is 10.6 Å². The highest BCUT2D eigenvalue weighted by molar-refractivity contribution is 5.15. The molecule has 96 valence electrons. The molecule has 2 N–H and O–H groups in total. The van der Waals surface area contributed by atoms with E-state index in [0.29, 0.717) is 0 Å². The molecule has 0 aromatic rings. The van der Waals surface area contributed by atoms with Crippen LogP contribution in [0, 0.1) is 11.8 Å². The van der Waals surface area contributed by atoms with Crippen LogP contribution in [0.5, 0.6) is 0 Å². The molecule has 17 heavy (non-hydrogen) atoms. The topological polar surface area (TPSA) is 24.1 Å². The van der Waals surface area contributed by atoms with Gasteiger partial charge in [-0.25, -0.2) is 0 Å². The molecule has 0 radical (unpaired) electrons. The zero-order valence-electron chi connectivity index (χ0n) is 11.0. The highest BCUT2D eigenvalue weighted by atomic mass is 15.0. The first-order chi connectivity index (χ1) is 8.33. The lowest BCUT2D eigenvalue weighted by atomic mass is 9.71. The van der Waals surface area contributed by atoms with Crippen molar-refractivity contribution >= 4 is 0 Å². The Morgan fingerprint density at radius 1 is 1.18 bits per heavy atom. The molecule has 2 bridgehead atoms. The van der Waals surface area contributed by atoms with E-state index in [-0.39, 0.29) is 0 Å². The molecule has 0 spiro atoms. The second-order valence-corrected chi connectivity index (χ2v) is 6.25. The first kappa shape index (κ1) is 11.7. The van der Waals surface area contributed by atoms with Crippen molar-refractivity contribution in [3.8, 4) is 0 Å². The summed E-state index contributed by atoms with van der Waals surface area (Å²) in [7, 11) is 0. The maximum atomic E-state index is 3.80. The summed E-state index contributed by atoms with van der Waals surface area (Å²) in [5.74, 6) is 1.66. The van der Waals surface area contributed by atoms with E-state index in [0.717, 1.165) is 37.0 Å². The van der Waals surface area contributed by atoms with E-state index in [4.69, 9.17) is 0 Å². The monoisotopic (exact) mass is 234 g/mol. The number of fused-ring (bicyclic) bond motifs is 2. The molecule has 0 aromatic heterocycles. The zero-order valence-corrected chi connectivity index (χ0v) is 11.0. The summed E-state index contributed by atoms with van der Waals surface area (Å²) in [6.07, 6.45) is 10.9. The molecule has 0 amide bonds. The fourth-order valence-electron chi connectivity index (χ4n) is 3.65. The molecule has 0 aliphatic heterocycles. The number of rotatable bonds is 5. The van der Waals surface area contributed by atoms with Gasteiger partial charge in [0.15, 0.2) is 0 Å². The third-order valence-electron chi connectivity index (χ3n) is 4.69. The summed E-state index contributed by atoms with van der Waals surface area (Å²) in [4.78, 5) is 0. The third kappa shape index (κ3) is 2.92. The summed E-state index contributed by atoms with van der Waals surface area (Å²) in [6.45, 7) is 4.69. The van der Waals surface area contributed by atoms with E-state index in [1.54, 1.807) is 5.57 Å². The van der Waals surface area contributed by atoms with Crippen LogP contribution in [0.15, 0.2) is 11.6 Å². The van der Waals surface area contributed by atoms with E-state index < -0.39 is 0 Å². The maximum Gasteiger partial charge on any atom is 0.0159 e. The summed E-state index contributed by atoms with van der Waals surface area (Å²) >= 11 is 0. The van der Waals surface area contributed by atoms with Gasteiger partial charge in [0.2, 0.25) is 0 Å². The number of hydrogen-bond acceptors (Lipinski definition) is 2. The molecule has 2 nitrogen and oxygen atoms in total. The zero-order chi connectivity index (χ0) is 11.7. The van der Waals surface area contributed by atoms with Crippen LogP contribution in [0.25, 0.3) is 0 Å². The number of allylic oxidation sites excluding steroid dienone is 1. The average Bonchev–Trinajstić information content (AvgIpc) is 3.12. The molecule has 3 unspecified atom stereocenters. The van der Waals surface area contributed by atoms with Crippen LogP contribution in [0.1, 0.15) is 45.4 Å². The molecule has 3 atom stereocenters. The molecule has 0 saturated heterocycles. The Kier molecular flexibility index (Phi) is 3.53. The smallest absolute Gasteiger partial charge is 0.0159 e. The van der Waals surface area contributed by atoms with Gasteiger partial charge in [-0.3, -0.25) is 0 Å². The summed E-state index contributed by atoms with van der Waals surface area (Å²) < 4.78 is 0. The molecular formula is C15H26N2. The lowest BCUT2D eigenvalue weighted by molar-refractivity contribution is 0.242. The fourth-order valence-corrected chi connectivity index (χ4v) is 3.65. The molecular weight excluding hydrogens is 208 g/mol. The molecule has 0 aromatic carbocycles. The highest BCUT2D eigenvalue weighted by Crippen LogP contribution is 2.38. The van der Waals surface area contributed by atoms with Crippen molar-refractivity contribution < 1.29 is 0 Å². The van der Waals surface area contributed by atoms with Gasteiger partial charge in [-0.2, -0.15) is 0 Å². The molecule has 3 rings (SSSR count). The van der Waals surface area contributed by atoms with Gasteiger partial charge in [0, 0.05) is 25.2 Å². The van der Waals surface area contributed by atoms with Crippen LogP contribution in [-0.2, 0) is 0 Å². The van der Waals surface area contributed by atoms with Gasteiger partial charge in [0.1, 0.15) is 0 Å². The van der Waals surface area contributed by atoms with Crippen LogP contribution >= 0.6 is 0 Å². The Balaban J connectivity index is 1.47. The quantitative estimate of drug-likeness (QED) is 0.564. The summed E-state index contributed by atoms with van der Waals surface area (Å²) in [5.41, 5.74) is 1.74. The summed E-state index contributed by atoms with van der Waals surface area (Å²) in [6, 6.07) is 1.59.